The number of hydrogen-bond acceptors (Lipinski definition) is 4. The molecule has 0 fully saturated rings. The number of aryl methyl sites for hydroxylation is 2. The molecule has 2 rings (SSSR count). The summed E-state index contributed by atoms with van der Waals surface area (Å²) in [6.45, 7) is 3.92. The van der Waals surface area contributed by atoms with Gasteiger partial charge in [-0.2, -0.15) is 5.10 Å². The summed E-state index contributed by atoms with van der Waals surface area (Å²) in [4.78, 5) is 22.9. The van der Waals surface area contributed by atoms with E-state index in [0.717, 1.165) is 0 Å². The van der Waals surface area contributed by atoms with Crippen molar-refractivity contribution >= 4 is 11.5 Å². The minimum absolute atomic E-state index is 0.0188. The van der Waals surface area contributed by atoms with E-state index in [1.165, 1.54) is 4.68 Å². The molecule has 0 unspecified atom stereocenters. The van der Waals surface area contributed by atoms with E-state index in [1.807, 2.05) is 13.0 Å². The number of hydrogen-bond donors (Lipinski definition) is 0. The number of carbonyl (C=O) groups excluding carboxylic acids is 1. The quantitative estimate of drug-likeness (QED) is 0.476. The predicted octanol–water partition coefficient (Wildman–Crippen LogP) is 2.55. The van der Waals surface area contributed by atoms with Crippen LogP contribution < -0.4 is 0 Å². The molecule has 0 amide bonds. The maximum atomic E-state index is 12.2. The van der Waals surface area contributed by atoms with Gasteiger partial charge in [0.05, 0.1) is 11.3 Å². The second-order valence-electron chi connectivity index (χ2n) is 4.42. The Bertz CT molecular complexity index is 647. The van der Waals surface area contributed by atoms with E-state index in [2.05, 4.69) is 5.10 Å². The number of nitrogens with zero attached hydrogens (tertiary/aromatic N) is 3. The molecule has 6 nitrogen and oxygen atoms in total. The maximum absolute atomic E-state index is 12.2. The summed E-state index contributed by atoms with van der Waals surface area (Å²) in [6, 6.07) is 8.76. The van der Waals surface area contributed by atoms with Crippen LogP contribution in [0.15, 0.2) is 30.3 Å². The fourth-order valence-corrected chi connectivity index (χ4v) is 2.17. The Morgan fingerprint density at radius 2 is 2.00 bits per heavy atom. The fraction of sp³-hybridized carbons (Fsp3) is 0.286. The lowest BCUT2D eigenvalue weighted by Gasteiger charge is -2.04. The van der Waals surface area contributed by atoms with Crippen LogP contribution in [0.4, 0.5) is 5.69 Å². The standard InChI is InChI=1S/C14H15N3O3/c1-3-16-12(14(17(19)20)10(2)15-16)9-13(18)11-7-5-4-6-8-11/h4-8H,3,9H2,1-2H3. The first kappa shape index (κ1) is 13.9. The van der Waals surface area contributed by atoms with Gasteiger partial charge in [0.1, 0.15) is 11.4 Å². The minimum Gasteiger partial charge on any atom is -0.294 e. The third-order valence-corrected chi connectivity index (χ3v) is 3.10. The molecular formula is C14H15N3O3. The second kappa shape index (κ2) is 5.64. The zero-order chi connectivity index (χ0) is 14.7. The molecule has 0 saturated heterocycles. The van der Waals surface area contributed by atoms with Crippen LogP contribution in [-0.2, 0) is 13.0 Å². The van der Waals surface area contributed by atoms with Crippen molar-refractivity contribution in [2.45, 2.75) is 26.8 Å². The molecule has 20 heavy (non-hydrogen) atoms. The van der Waals surface area contributed by atoms with Gasteiger partial charge in [0.2, 0.25) is 0 Å². The van der Waals surface area contributed by atoms with E-state index in [1.54, 1.807) is 31.2 Å². The first-order valence-electron chi connectivity index (χ1n) is 6.33. The molecule has 0 aliphatic carbocycles. The number of carbonyl (C=O) groups is 1. The predicted molar refractivity (Wildman–Crippen MR) is 73.8 cm³/mol. The van der Waals surface area contributed by atoms with E-state index < -0.39 is 4.92 Å². The van der Waals surface area contributed by atoms with Crippen LogP contribution in [0.5, 0.6) is 0 Å². The SMILES string of the molecule is CCn1nc(C)c([N+](=O)[O-])c1CC(=O)c1ccccc1. The van der Waals surface area contributed by atoms with Gasteiger partial charge in [-0.1, -0.05) is 30.3 Å². The number of Topliss-reactive ketones (excluding diaryl/α,β-unsaturated/α-hetero) is 1. The normalized spacial score (nSPS) is 10.5. The number of ketones is 1. The molecule has 0 aliphatic rings. The molecule has 0 atom stereocenters. The first-order valence-corrected chi connectivity index (χ1v) is 6.33. The number of rotatable bonds is 5. The molecule has 2 aromatic rings. The smallest absolute Gasteiger partial charge is 0.294 e. The van der Waals surface area contributed by atoms with Gasteiger partial charge in [0.25, 0.3) is 0 Å². The average molecular weight is 273 g/mol. The van der Waals surface area contributed by atoms with Crippen molar-refractivity contribution in [1.82, 2.24) is 9.78 Å². The molecular weight excluding hydrogens is 258 g/mol. The molecule has 1 aromatic heterocycles. The van der Waals surface area contributed by atoms with E-state index in [0.29, 0.717) is 23.5 Å². The molecule has 0 aliphatic heterocycles. The Hall–Kier alpha value is -2.50. The number of aromatic nitrogens is 2. The third-order valence-electron chi connectivity index (χ3n) is 3.10. The fourth-order valence-electron chi connectivity index (χ4n) is 2.17. The summed E-state index contributed by atoms with van der Waals surface area (Å²) in [5.41, 5.74) is 1.19. The molecule has 6 heteroatoms. The van der Waals surface area contributed by atoms with E-state index in [9.17, 15) is 14.9 Å². The van der Waals surface area contributed by atoms with E-state index in [-0.39, 0.29) is 17.9 Å². The van der Waals surface area contributed by atoms with Crippen LogP contribution in [0.2, 0.25) is 0 Å². The van der Waals surface area contributed by atoms with Crippen LogP contribution in [0, 0.1) is 17.0 Å². The number of nitro groups is 1. The van der Waals surface area contributed by atoms with Crippen molar-refractivity contribution in [3.63, 3.8) is 0 Å². The highest BCUT2D eigenvalue weighted by atomic mass is 16.6. The lowest BCUT2D eigenvalue weighted by atomic mass is 10.1. The summed E-state index contributed by atoms with van der Waals surface area (Å²) in [5, 5.41) is 15.3. The van der Waals surface area contributed by atoms with Crippen molar-refractivity contribution in [3.8, 4) is 0 Å². The van der Waals surface area contributed by atoms with Crippen molar-refractivity contribution in [2.75, 3.05) is 0 Å². The molecule has 0 radical (unpaired) electrons. The molecule has 0 bridgehead atoms. The lowest BCUT2D eigenvalue weighted by Crippen LogP contribution is -2.11. The van der Waals surface area contributed by atoms with Crippen molar-refractivity contribution in [1.29, 1.82) is 0 Å². The van der Waals surface area contributed by atoms with Gasteiger partial charge < -0.3 is 0 Å². The molecule has 0 spiro atoms. The number of benzene rings is 1. The van der Waals surface area contributed by atoms with Crippen LogP contribution in [0.25, 0.3) is 0 Å². The average Bonchev–Trinajstić information content (AvgIpc) is 2.75. The highest BCUT2D eigenvalue weighted by Gasteiger charge is 2.26. The van der Waals surface area contributed by atoms with Gasteiger partial charge >= 0.3 is 5.69 Å². The summed E-state index contributed by atoms with van der Waals surface area (Å²) < 4.78 is 1.52. The zero-order valence-corrected chi connectivity index (χ0v) is 11.4. The summed E-state index contributed by atoms with van der Waals surface area (Å²) in [6.07, 6.45) is -0.0188. The Morgan fingerprint density at radius 3 is 2.55 bits per heavy atom. The minimum atomic E-state index is -0.470. The Labute approximate surface area is 116 Å². The van der Waals surface area contributed by atoms with Gasteiger partial charge in [-0.25, -0.2) is 0 Å². The monoisotopic (exact) mass is 273 g/mol. The molecule has 1 heterocycles. The molecule has 104 valence electrons. The summed E-state index contributed by atoms with van der Waals surface area (Å²) in [5.74, 6) is -0.150. The van der Waals surface area contributed by atoms with E-state index in [4.69, 9.17) is 0 Å². The Kier molecular flexibility index (Phi) is 3.93. The summed E-state index contributed by atoms with van der Waals surface area (Å²) >= 11 is 0. The molecule has 0 N–H and O–H groups in total. The maximum Gasteiger partial charge on any atom is 0.313 e. The third kappa shape index (κ3) is 2.59. The summed E-state index contributed by atoms with van der Waals surface area (Å²) in [7, 11) is 0. The first-order chi connectivity index (χ1) is 9.54. The van der Waals surface area contributed by atoms with Crippen LogP contribution in [0.1, 0.15) is 28.7 Å². The highest BCUT2D eigenvalue weighted by molar-refractivity contribution is 5.97. The van der Waals surface area contributed by atoms with Crippen molar-refractivity contribution in [2.24, 2.45) is 0 Å². The van der Waals surface area contributed by atoms with Gasteiger partial charge in [-0.15, -0.1) is 0 Å². The highest BCUT2D eigenvalue weighted by Crippen LogP contribution is 2.24. The van der Waals surface area contributed by atoms with Gasteiger partial charge in [-0.3, -0.25) is 19.6 Å². The van der Waals surface area contributed by atoms with E-state index >= 15 is 0 Å². The van der Waals surface area contributed by atoms with Crippen LogP contribution >= 0.6 is 0 Å². The lowest BCUT2D eigenvalue weighted by molar-refractivity contribution is -0.386. The van der Waals surface area contributed by atoms with Crippen LogP contribution in [0.3, 0.4) is 0 Å². The largest absolute Gasteiger partial charge is 0.313 e. The van der Waals surface area contributed by atoms with Crippen molar-refractivity contribution in [3.05, 3.63) is 57.4 Å². The van der Waals surface area contributed by atoms with Gasteiger partial charge in [-0.05, 0) is 13.8 Å². The molecule has 0 saturated carbocycles. The van der Waals surface area contributed by atoms with Gasteiger partial charge in [0, 0.05) is 12.1 Å². The topological polar surface area (TPSA) is 78.0 Å². The second-order valence-corrected chi connectivity index (χ2v) is 4.42. The Morgan fingerprint density at radius 1 is 1.35 bits per heavy atom. The molecule has 1 aromatic carbocycles. The van der Waals surface area contributed by atoms with Gasteiger partial charge in [0.15, 0.2) is 5.78 Å². The Balaban J connectivity index is 2.38. The zero-order valence-electron chi connectivity index (χ0n) is 11.4. The van der Waals surface area contributed by atoms with Crippen LogP contribution in [-0.4, -0.2) is 20.5 Å². The van der Waals surface area contributed by atoms with Crippen molar-refractivity contribution < 1.29 is 9.72 Å².